The van der Waals surface area contributed by atoms with Crippen LogP contribution in [0.5, 0.6) is 0 Å². The molecular formula is C88H66BrN7. The van der Waals surface area contributed by atoms with Gasteiger partial charge in [0.1, 0.15) is 0 Å². The van der Waals surface area contributed by atoms with E-state index in [1.807, 2.05) is 61.3 Å². The second-order valence-electron chi connectivity index (χ2n) is 25.8. The first-order chi connectivity index (χ1) is 46.7. The number of aromatic nitrogens is 6. The van der Waals surface area contributed by atoms with Crippen LogP contribution in [0.4, 0.5) is 17.1 Å². The summed E-state index contributed by atoms with van der Waals surface area (Å²) in [5, 5.41) is 2.25. The van der Waals surface area contributed by atoms with Crippen LogP contribution in [0.1, 0.15) is 85.3 Å². The molecule has 2 spiro atoms. The van der Waals surface area contributed by atoms with Crippen molar-refractivity contribution in [1.29, 1.82) is 0 Å². The number of anilines is 3. The van der Waals surface area contributed by atoms with Crippen LogP contribution in [-0.2, 0) is 17.3 Å². The van der Waals surface area contributed by atoms with Crippen molar-refractivity contribution in [2.45, 2.75) is 52.4 Å². The molecule has 4 aliphatic rings. The maximum atomic E-state index is 4.90. The summed E-state index contributed by atoms with van der Waals surface area (Å²) in [6.07, 6.45) is 12.1. The molecule has 7 nitrogen and oxygen atoms in total. The Morgan fingerprint density at radius 1 is 0.333 bits per heavy atom. The van der Waals surface area contributed by atoms with E-state index in [0.29, 0.717) is 0 Å². The highest BCUT2D eigenvalue weighted by Crippen LogP contribution is 2.64. The van der Waals surface area contributed by atoms with E-state index in [2.05, 4.69) is 297 Å². The minimum absolute atomic E-state index is 0. The van der Waals surface area contributed by atoms with Crippen molar-refractivity contribution in [3.63, 3.8) is 0 Å². The number of hydrogen-bond donors (Lipinski definition) is 0. The van der Waals surface area contributed by atoms with Gasteiger partial charge >= 0.3 is 0 Å². The van der Waals surface area contributed by atoms with Crippen molar-refractivity contribution in [2.75, 3.05) is 4.90 Å². The van der Waals surface area contributed by atoms with Gasteiger partial charge in [-0.15, -0.1) is 0 Å². The lowest BCUT2D eigenvalue weighted by Crippen LogP contribution is -2.36. The maximum Gasteiger partial charge on any atom is 0.0964 e. The zero-order chi connectivity index (χ0) is 63.7. The molecule has 6 aromatic heterocycles. The van der Waals surface area contributed by atoms with Gasteiger partial charge in [0.15, 0.2) is 0 Å². The number of benzene rings is 10. The van der Waals surface area contributed by atoms with Crippen LogP contribution in [0, 0.1) is 27.7 Å². The van der Waals surface area contributed by atoms with Crippen molar-refractivity contribution in [1.82, 2.24) is 29.1 Å². The Morgan fingerprint density at radius 3 is 1.18 bits per heavy atom. The summed E-state index contributed by atoms with van der Waals surface area (Å²) in [6.45, 7) is 8.85. The van der Waals surface area contributed by atoms with Gasteiger partial charge < -0.3 is 14.0 Å². The van der Waals surface area contributed by atoms with E-state index >= 15 is 0 Å². The standard InChI is InChI=1S/C43H30N4.C28H22.C16H10BrN3.CH4/c1-27-15-18-39-36(23-27)43(34-12-5-3-10-31(34)32-11-4-6-13-35(32)43)37-24-28(2)16-19-40(37)46(39)29-17-20-38-33(25-29)42-41(14-8-22-45-42)47(38)30-9-7-21-44-26-30;1-18-11-13-20-17-21-14-12-19(2)16-27(21)28(26(20)15-18)24-9-5-3-7-22(24)23-8-4-6-10-25(23)28;17-11-5-6-14-13(9-11)16-15(4-2-8-19-16)20(14)12-3-1-7-18-10-12;/h3-26H,1-2H3;3-16H,17H2,1-2H3;1-10H;1H4. The third-order valence-corrected chi connectivity index (χ3v) is 20.8. The van der Waals surface area contributed by atoms with E-state index < -0.39 is 5.41 Å². The highest BCUT2D eigenvalue weighted by Gasteiger charge is 2.53. The Kier molecular flexibility index (Phi) is 13.8. The third-order valence-electron chi connectivity index (χ3n) is 20.3. The van der Waals surface area contributed by atoms with Crippen molar-refractivity contribution in [2.24, 2.45) is 0 Å². The molecule has 8 heteroatoms. The maximum absolute atomic E-state index is 4.90. The number of aryl methyl sites for hydroxylation is 4. The normalized spacial score (nSPS) is 13.5. The summed E-state index contributed by atoms with van der Waals surface area (Å²) in [5.41, 5.74) is 35.8. The average Bonchev–Trinajstić information content (AvgIpc) is 1.44. The molecule has 16 aromatic rings. The zero-order valence-electron chi connectivity index (χ0n) is 52.9. The second-order valence-corrected chi connectivity index (χ2v) is 26.7. The predicted molar refractivity (Wildman–Crippen MR) is 398 cm³/mol. The minimum Gasteiger partial charge on any atom is -0.310 e. The van der Waals surface area contributed by atoms with Crippen LogP contribution in [-0.4, -0.2) is 29.1 Å². The first kappa shape index (κ1) is 58.5. The molecule has 0 amide bonds. The van der Waals surface area contributed by atoms with E-state index in [4.69, 9.17) is 4.98 Å². The Hall–Kier alpha value is -11.3. The van der Waals surface area contributed by atoms with Crippen LogP contribution < -0.4 is 4.90 Å². The molecule has 7 heterocycles. The molecule has 0 fully saturated rings. The van der Waals surface area contributed by atoms with Gasteiger partial charge in [-0.05, 0) is 209 Å². The Bertz CT molecular complexity index is 5600. The van der Waals surface area contributed by atoms with Gasteiger partial charge in [-0.3, -0.25) is 19.9 Å². The van der Waals surface area contributed by atoms with Gasteiger partial charge in [-0.25, -0.2) is 0 Å². The van der Waals surface area contributed by atoms with E-state index in [1.54, 1.807) is 6.20 Å². The molecule has 96 heavy (non-hydrogen) atoms. The van der Waals surface area contributed by atoms with Crippen LogP contribution in [0.3, 0.4) is 0 Å². The molecule has 0 unspecified atom stereocenters. The molecule has 1 aliphatic heterocycles. The molecule has 0 radical (unpaired) electrons. The van der Waals surface area contributed by atoms with E-state index in [1.165, 1.54) is 112 Å². The van der Waals surface area contributed by atoms with Crippen LogP contribution in [0.25, 0.3) is 77.5 Å². The smallest absolute Gasteiger partial charge is 0.0964 e. The predicted octanol–water partition coefficient (Wildman–Crippen LogP) is 21.9. The fourth-order valence-electron chi connectivity index (χ4n) is 16.5. The van der Waals surface area contributed by atoms with Crippen LogP contribution >= 0.6 is 15.9 Å². The van der Waals surface area contributed by atoms with Gasteiger partial charge in [-0.1, -0.05) is 203 Å². The van der Waals surface area contributed by atoms with Gasteiger partial charge in [0.25, 0.3) is 0 Å². The molecule has 10 aromatic carbocycles. The fraction of sp³-hybridized carbons (Fsp3) is 0.0909. The summed E-state index contributed by atoms with van der Waals surface area (Å²) < 4.78 is 5.51. The molecule has 0 atom stereocenters. The molecule has 0 N–H and O–H groups in total. The molecule has 0 bridgehead atoms. The second kappa shape index (κ2) is 22.7. The first-order valence-corrected chi connectivity index (χ1v) is 33.3. The highest BCUT2D eigenvalue weighted by atomic mass is 79.9. The Labute approximate surface area is 567 Å². The summed E-state index contributed by atoms with van der Waals surface area (Å²) >= 11 is 3.53. The first-order valence-electron chi connectivity index (χ1n) is 32.5. The quantitative estimate of drug-likeness (QED) is 0.176. The minimum atomic E-state index is -0.436. The lowest BCUT2D eigenvalue weighted by molar-refractivity contribution is 0.720. The van der Waals surface area contributed by atoms with Gasteiger partial charge in [0, 0.05) is 45.7 Å². The number of hydrogen-bond acceptors (Lipinski definition) is 5. The topological polar surface area (TPSA) is 64.7 Å². The molecule has 20 rings (SSSR count). The van der Waals surface area contributed by atoms with E-state index in [0.717, 1.165) is 71.8 Å². The summed E-state index contributed by atoms with van der Waals surface area (Å²) in [5.74, 6) is 0. The summed E-state index contributed by atoms with van der Waals surface area (Å²) in [7, 11) is 0. The average molecular weight is 1300 g/mol. The fourth-order valence-corrected chi connectivity index (χ4v) is 16.9. The van der Waals surface area contributed by atoms with Crippen LogP contribution in [0.15, 0.2) is 296 Å². The number of rotatable bonds is 3. The van der Waals surface area contributed by atoms with Crippen molar-refractivity contribution in [3.05, 3.63) is 374 Å². The SMILES string of the molecule is Brc1ccc2c(c1)c1ncccc1n2-c1cccnc1.C.Cc1ccc2c(c1)C1(c3cc(C)ccc3C2)c2ccccc2-c2ccccc21.Cc1ccc2c(c1)C1(c3ccccc3-c3ccccc31)c1cc(C)ccc1N2c1ccc2c(c1)c1ncccc1n2-c1cccnc1. The lowest BCUT2D eigenvalue weighted by atomic mass is 9.61. The molecular weight excluding hydrogens is 1230 g/mol. The lowest BCUT2D eigenvalue weighted by Gasteiger charge is -2.45. The molecule has 0 saturated heterocycles. The van der Waals surface area contributed by atoms with E-state index in [9.17, 15) is 0 Å². The Morgan fingerprint density at radius 2 is 0.729 bits per heavy atom. The molecule has 0 saturated carbocycles. The van der Waals surface area contributed by atoms with Crippen molar-refractivity contribution >= 4 is 76.9 Å². The number of nitrogens with zero attached hydrogens (tertiary/aromatic N) is 7. The Balaban J connectivity index is 0.000000120. The zero-order valence-corrected chi connectivity index (χ0v) is 54.5. The van der Waals surface area contributed by atoms with Crippen molar-refractivity contribution < 1.29 is 0 Å². The number of pyridine rings is 4. The van der Waals surface area contributed by atoms with Gasteiger partial charge in [0.05, 0.1) is 79.1 Å². The largest absolute Gasteiger partial charge is 0.310 e. The summed E-state index contributed by atoms with van der Waals surface area (Å²) in [4.78, 5) is 20.6. The molecule has 3 aliphatic carbocycles. The van der Waals surface area contributed by atoms with E-state index in [-0.39, 0.29) is 12.8 Å². The van der Waals surface area contributed by atoms with Crippen LogP contribution in [0.2, 0.25) is 0 Å². The highest BCUT2D eigenvalue weighted by molar-refractivity contribution is 9.10. The number of fused-ring (bicyclic) bond motifs is 24. The van der Waals surface area contributed by atoms with Gasteiger partial charge in [-0.2, -0.15) is 0 Å². The number of halogens is 1. The molecule has 460 valence electrons. The monoisotopic (exact) mass is 1300 g/mol. The summed E-state index contributed by atoms with van der Waals surface area (Å²) in [6, 6.07) is 93.4. The van der Waals surface area contributed by atoms with Gasteiger partial charge in [0.2, 0.25) is 0 Å². The third kappa shape index (κ3) is 8.64. The van der Waals surface area contributed by atoms with Crippen molar-refractivity contribution in [3.8, 4) is 33.6 Å².